The number of ketones is 1. The van der Waals surface area contributed by atoms with E-state index in [1.165, 1.54) is 6.07 Å². The van der Waals surface area contributed by atoms with Crippen LogP contribution in [-0.2, 0) is 4.79 Å². The second-order valence-electron chi connectivity index (χ2n) is 7.47. The Labute approximate surface area is 191 Å². The average molecular weight is 466 g/mol. The van der Waals surface area contributed by atoms with Gasteiger partial charge in [0, 0.05) is 16.5 Å². The highest BCUT2D eigenvalue weighted by Crippen LogP contribution is 2.43. The molecule has 1 aliphatic rings. The molecule has 1 amide bonds. The molecule has 1 atom stereocenters. The standard InChI is InChI=1S/C25H14ClF2NO4/c26-15-6-9-19-14(10-15)11-20(33-19)23(30)21-22(13-4-2-1-3-5-13)29(25(32)24(21)31)18-8-7-16(27)12-17(18)28/h1-12,22,31H. The molecule has 0 aliphatic carbocycles. The Kier molecular flexibility index (Phi) is 4.98. The zero-order valence-corrected chi connectivity index (χ0v) is 17.5. The van der Waals surface area contributed by atoms with Crippen molar-refractivity contribution in [2.75, 3.05) is 4.90 Å². The first-order chi connectivity index (χ1) is 15.8. The zero-order valence-electron chi connectivity index (χ0n) is 16.8. The fourth-order valence-electron chi connectivity index (χ4n) is 3.97. The Balaban J connectivity index is 1.67. The number of anilines is 1. The summed E-state index contributed by atoms with van der Waals surface area (Å²) in [6.45, 7) is 0. The fourth-order valence-corrected chi connectivity index (χ4v) is 4.15. The number of hydrogen-bond acceptors (Lipinski definition) is 4. The molecule has 0 saturated heterocycles. The quantitative estimate of drug-likeness (QED) is 0.367. The minimum atomic E-state index is -1.16. The van der Waals surface area contributed by atoms with Crippen molar-refractivity contribution in [1.29, 1.82) is 0 Å². The van der Waals surface area contributed by atoms with Gasteiger partial charge in [-0.15, -0.1) is 0 Å². The lowest BCUT2D eigenvalue weighted by Crippen LogP contribution is -2.31. The van der Waals surface area contributed by atoms with Gasteiger partial charge in [0.15, 0.2) is 11.5 Å². The first-order valence-electron chi connectivity index (χ1n) is 9.85. The molecule has 0 spiro atoms. The first kappa shape index (κ1) is 20.9. The molecular formula is C25H14ClF2NO4. The third-order valence-electron chi connectivity index (χ3n) is 5.44. The third-order valence-corrected chi connectivity index (χ3v) is 5.67. The number of fused-ring (bicyclic) bond motifs is 1. The molecule has 0 bridgehead atoms. The van der Waals surface area contributed by atoms with Gasteiger partial charge in [0.25, 0.3) is 5.91 Å². The second-order valence-corrected chi connectivity index (χ2v) is 7.90. The number of Topliss-reactive ketones (excluding diaryl/α,β-unsaturated/α-hetero) is 1. The summed E-state index contributed by atoms with van der Waals surface area (Å²) in [5.74, 6) is -4.53. The number of nitrogens with zero attached hydrogens (tertiary/aromatic N) is 1. The number of carbonyl (C=O) groups excluding carboxylic acids is 2. The van der Waals surface area contributed by atoms with Crippen molar-refractivity contribution in [3.05, 3.63) is 112 Å². The lowest BCUT2D eigenvalue weighted by atomic mass is 9.94. The minimum absolute atomic E-state index is 0.121. The molecule has 1 aromatic heterocycles. The molecular weight excluding hydrogens is 452 g/mol. The zero-order chi connectivity index (χ0) is 23.3. The molecule has 33 heavy (non-hydrogen) atoms. The summed E-state index contributed by atoms with van der Waals surface area (Å²) in [5, 5.41) is 11.7. The maximum Gasteiger partial charge on any atom is 0.294 e. The molecule has 1 aliphatic heterocycles. The molecule has 1 unspecified atom stereocenters. The Morgan fingerprint density at radius 3 is 2.48 bits per heavy atom. The van der Waals surface area contributed by atoms with Crippen LogP contribution >= 0.6 is 11.6 Å². The Morgan fingerprint density at radius 1 is 1.00 bits per heavy atom. The molecule has 0 saturated carbocycles. The molecule has 8 heteroatoms. The highest BCUT2D eigenvalue weighted by atomic mass is 35.5. The van der Waals surface area contributed by atoms with Crippen LogP contribution in [0.25, 0.3) is 11.0 Å². The number of amides is 1. The maximum atomic E-state index is 14.7. The van der Waals surface area contributed by atoms with E-state index in [-0.39, 0.29) is 17.0 Å². The summed E-state index contributed by atoms with van der Waals surface area (Å²) in [5.41, 5.74) is 0.284. The van der Waals surface area contributed by atoms with Gasteiger partial charge < -0.3 is 9.52 Å². The average Bonchev–Trinajstić information content (AvgIpc) is 3.33. The third kappa shape index (κ3) is 3.47. The van der Waals surface area contributed by atoms with Crippen LogP contribution in [-0.4, -0.2) is 16.8 Å². The lowest BCUT2D eigenvalue weighted by Gasteiger charge is -2.27. The molecule has 0 radical (unpaired) electrons. The highest BCUT2D eigenvalue weighted by Gasteiger charge is 2.46. The number of hydrogen-bond donors (Lipinski definition) is 1. The van der Waals surface area contributed by atoms with Crippen LogP contribution in [0.15, 0.2) is 88.5 Å². The van der Waals surface area contributed by atoms with Gasteiger partial charge in [-0.05, 0) is 42.0 Å². The van der Waals surface area contributed by atoms with E-state index in [1.807, 2.05) is 0 Å². The van der Waals surface area contributed by atoms with Gasteiger partial charge in [-0.25, -0.2) is 8.78 Å². The number of carbonyl (C=O) groups is 2. The largest absolute Gasteiger partial charge is 0.503 e. The lowest BCUT2D eigenvalue weighted by molar-refractivity contribution is -0.117. The van der Waals surface area contributed by atoms with Crippen molar-refractivity contribution in [1.82, 2.24) is 0 Å². The second kappa shape index (κ2) is 7.86. The summed E-state index contributed by atoms with van der Waals surface area (Å²) >= 11 is 6.00. The van der Waals surface area contributed by atoms with E-state index in [2.05, 4.69) is 0 Å². The fraction of sp³-hybridized carbons (Fsp3) is 0.0400. The molecule has 0 fully saturated rings. The number of benzene rings is 3. The van der Waals surface area contributed by atoms with Crippen molar-refractivity contribution in [2.45, 2.75) is 6.04 Å². The summed E-state index contributed by atoms with van der Waals surface area (Å²) in [6.07, 6.45) is 0. The van der Waals surface area contributed by atoms with E-state index < -0.39 is 35.1 Å². The molecule has 5 rings (SSSR count). The molecule has 5 nitrogen and oxygen atoms in total. The number of furan rings is 1. The normalized spacial score (nSPS) is 16.2. The van der Waals surface area contributed by atoms with Gasteiger partial charge in [0.2, 0.25) is 5.78 Å². The van der Waals surface area contributed by atoms with Crippen LogP contribution in [0.2, 0.25) is 5.02 Å². The number of halogens is 3. The number of aliphatic hydroxyl groups excluding tert-OH is 1. The Bertz CT molecular complexity index is 1460. The predicted octanol–water partition coefficient (Wildman–Crippen LogP) is 6.15. The van der Waals surface area contributed by atoms with E-state index >= 15 is 0 Å². The van der Waals surface area contributed by atoms with Crippen LogP contribution in [0.4, 0.5) is 14.5 Å². The summed E-state index contributed by atoms with van der Waals surface area (Å²) in [7, 11) is 0. The van der Waals surface area contributed by atoms with Gasteiger partial charge in [0.05, 0.1) is 17.3 Å². The van der Waals surface area contributed by atoms with E-state index in [0.717, 1.165) is 17.0 Å². The smallest absolute Gasteiger partial charge is 0.294 e. The molecule has 4 aromatic rings. The van der Waals surface area contributed by atoms with Crippen molar-refractivity contribution < 1.29 is 27.9 Å². The van der Waals surface area contributed by atoms with Gasteiger partial charge in [-0.2, -0.15) is 0 Å². The topological polar surface area (TPSA) is 70.8 Å². The highest BCUT2D eigenvalue weighted by molar-refractivity contribution is 6.31. The Hall–Kier alpha value is -3.97. The summed E-state index contributed by atoms with van der Waals surface area (Å²) in [6, 6.07) is 16.2. The van der Waals surface area contributed by atoms with Crippen molar-refractivity contribution >= 4 is 39.9 Å². The van der Waals surface area contributed by atoms with Gasteiger partial charge in [-0.1, -0.05) is 41.9 Å². The number of aliphatic hydroxyl groups is 1. The van der Waals surface area contributed by atoms with Gasteiger partial charge in [0.1, 0.15) is 17.2 Å². The van der Waals surface area contributed by atoms with Crippen molar-refractivity contribution in [3.63, 3.8) is 0 Å². The van der Waals surface area contributed by atoms with Crippen molar-refractivity contribution in [3.8, 4) is 0 Å². The molecule has 2 heterocycles. The van der Waals surface area contributed by atoms with Crippen LogP contribution in [0, 0.1) is 11.6 Å². The SMILES string of the molecule is O=C(C1=C(O)C(=O)N(c2ccc(F)cc2F)C1c1ccccc1)c1cc2cc(Cl)ccc2o1. The van der Waals surface area contributed by atoms with Gasteiger partial charge in [-0.3, -0.25) is 14.5 Å². The maximum absolute atomic E-state index is 14.7. The van der Waals surface area contributed by atoms with Crippen LogP contribution in [0.5, 0.6) is 0 Å². The monoisotopic (exact) mass is 465 g/mol. The first-order valence-corrected chi connectivity index (χ1v) is 10.2. The molecule has 3 aromatic carbocycles. The van der Waals surface area contributed by atoms with E-state index in [4.69, 9.17) is 16.0 Å². The van der Waals surface area contributed by atoms with E-state index in [0.29, 0.717) is 27.6 Å². The van der Waals surface area contributed by atoms with Crippen LogP contribution < -0.4 is 4.90 Å². The predicted molar refractivity (Wildman–Crippen MR) is 118 cm³/mol. The van der Waals surface area contributed by atoms with E-state index in [9.17, 15) is 23.5 Å². The van der Waals surface area contributed by atoms with Crippen LogP contribution in [0.3, 0.4) is 0 Å². The Morgan fingerprint density at radius 2 is 1.76 bits per heavy atom. The summed E-state index contributed by atoms with van der Waals surface area (Å²) in [4.78, 5) is 27.5. The number of rotatable bonds is 4. The van der Waals surface area contributed by atoms with E-state index in [1.54, 1.807) is 48.5 Å². The molecule has 1 N–H and O–H groups in total. The summed E-state index contributed by atoms with van der Waals surface area (Å²) < 4.78 is 33.8. The van der Waals surface area contributed by atoms with Gasteiger partial charge >= 0.3 is 0 Å². The van der Waals surface area contributed by atoms with Crippen molar-refractivity contribution in [2.24, 2.45) is 0 Å². The molecule has 164 valence electrons. The minimum Gasteiger partial charge on any atom is -0.503 e. The van der Waals surface area contributed by atoms with Crippen LogP contribution in [0.1, 0.15) is 22.2 Å².